The van der Waals surface area contributed by atoms with Gasteiger partial charge in [0.1, 0.15) is 5.75 Å². The van der Waals surface area contributed by atoms with E-state index in [-0.39, 0.29) is 17.6 Å². The minimum atomic E-state index is -0.681. The van der Waals surface area contributed by atoms with Crippen LogP contribution in [0, 0.1) is 11.8 Å². The number of hydrogen-bond acceptors (Lipinski definition) is 3. The first-order valence-corrected chi connectivity index (χ1v) is 8.06. The lowest BCUT2D eigenvalue weighted by molar-refractivity contribution is -0.138. The highest BCUT2D eigenvalue weighted by Crippen LogP contribution is 2.32. The number of phenolic OH excluding ortho intramolecular Hbond substituents is 1. The molecule has 0 unspecified atom stereocenters. The lowest BCUT2D eigenvalue weighted by Gasteiger charge is -2.43. The largest absolute Gasteiger partial charge is 0.508 e. The maximum absolute atomic E-state index is 12.5. The predicted octanol–water partition coefficient (Wildman–Crippen LogP) is 2.58. The summed E-state index contributed by atoms with van der Waals surface area (Å²) in [5, 5.41) is 19.8. The molecular weight excluding hydrogens is 278 g/mol. The second-order valence-electron chi connectivity index (χ2n) is 7.12. The minimum Gasteiger partial charge on any atom is -0.508 e. The van der Waals surface area contributed by atoms with Crippen molar-refractivity contribution in [2.24, 2.45) is 11.8 Å². The number of likely N-dealkylation sites (tertiary alicyclic amines) is 1. The van der Waals surface area contributed by atoms with E-state index in [1.165, 1.54) is 0 Å². The minimum absolute atomic E-state index is 0.0925. The molecule has 122 valence electrons. The normalized spacial score (nSPS) is 25.5. The first kappa shape index (κ1) is 16.8. The lowest BCUT2D eigenvalue weighted by atomic mass is 9.78. The summed E-state index contributed by atoms with van der Waals surface area (Å²) in [6.07, 6.45) is 1.90. The van der Waals surface area contributed by atoms with Crippen LogP contribution in [0.5, 0.6) is 5.75 Å². The van der Waals surface area contributed by atoms with Crippen LogP contribution >= 0.6 is 0 Å². The predicted molar refractivity (Wildman–Crippen MR) is 86.6 cm³/mol. The molecule has 0 aliphatic carbocycles. The Morgan fingerprint density at radius 2 is 2.00 bits per heavy atom. The first-order chi connectivity index (χ1) is 10.3. The van der Waals surface area contributed by atoms with E-state index in [2.05, 4.69) is 13.8 Å². The molecule has 0 bridgehead atoms. The summed E-state index contributed by atoms with van der Waals surface area (Å²) in [6.45, 7) is 7.42. The molecule has 1 heterocycles. The molecule has 1 fully saturated rings. The zero-order chi connectivity index (χ0) is 16.3. The fraction of sp³-hybridized carbons (Fsp3) is 0.611. The monoisotopic (exact) mass is 305 g/mol. The molecule has 2 rings (SSSR count). The maximum atomic E-state index is 12.5. The SMILES string of the molecule is CC(C)C[C@@H]1CN(C(=O)Cc2ccc(O)cc2)CC[C@]1(C)O. The maximum Gasteiger partial charge on any atom is 0.227 e. The van der Waals surface area contributed by atoms with Crippen molar-refractivity contribution in [2.45, 2.75) is 45.6 Å². The Morgan fingerprint density at radius 3 is 2.59 bits per heavy atom. The van der Waals surface area contributed by atoms with E-state index in [9.17, 15) is 15.0 Å². The van der Waals surface area contributed by atoms with Crippen molar-refractivity contribution in [3.8, 4) is 5.75 Å². The Hall–Kier alpha value is -1.55. The molecule has 1 aliphatic heterocycles. The molecule has 1 aromatic rings. The molecule has 2 N–H and O–H groups in total. The molecule has 1 aliphatic rings. The lowest BCUT2D eigenvalue weighted by Crippen LogP contribution is -2.52. The van der Waals surface area contributed by atoms with Crippen LogP contribution in [0.25, 0.3) is 0 Å². The molecule has 0 radical (unpaired) electrons. The molecule has 4 nitrogen and oxygen atoms in total. The second kappa shape index (κ2) is 6.69. The van der Waals surface area contributed by atoms with Gasteiger partial charge in [0, 0.05) is 19.0 Å². The van der Waals surface area contributed by atoms with Gasteiger partial charge in [-0.3, -0.25) is 4.79 Å². The highest BCUT2D eigenvalue weighted by atomic mass is 16.3. The number of benzene rings is 1. The average Bonchev–Trinajstić information content (AvgIpc) is 2.43. The number of aliphatic hydroxyl groups is 1. The molecular formula is C18H27NO3. The standard InChI is InChI=1S/C18H27NO3/c1-13(2)10-15-12-19(9-8-18(15,3)22)17(21)11-14-4-6-16(20)7-5-14/h4-7,13,15,20,22H,8-12H2,1-3H3/t15-,18+/m1/s1. The quantitative estimate of drug-likeness (QED) is 0.899. The first-order valence-electron chi connectivity index (χ1n) is 8.06. The van der Waals surface area contributed by atoms with Gasteiger partial charge in [-0.2, -0.15) is 0 Å². The number of amides is 1. The van der Waals surface area contributed by atoms with Crippen molar-refractivity contribution >= 4 is 5.91 Å². The third kappa shape index (κ3) is 4.23. The van der Waals surface area contributed by atoms with Gasteiger partial charge in [0.15, 0.2) is 0 Å². The number of carbonyl (C=O) groups excluding carboxylic acids is 1. The van der Waals surface area contributed by atoms with Gasteiger partial charge in [0.2, 0.25) is 5.91 Å². The summed E-state index contributed by atoms with van der Waals surface area (Å²) in [4.78, 5) is 14.3. The number of rotatable bonds is 4. The van der Waals surface area contributed by atoms with Gasteiger partial charge in [-0.1, -0.05) is 26.0 Å². The Bertz CT molecular complexity index is 508. The summed E-state index contributed by atoms with van der Waals surface area (Å²) >= 11 is 0. The molecule has 1 aromatic carbocycles. The van der Waals surface area contributed by atoms with Crippen molar-refractivity contribution in [2.75, 3.05) is 13.1 Å². The second-order valence-corrected chi connectivity index (χ2v) is 7.12. The number of nitrogens with zero attached hydrogens (tertiary/aromatic N) is 1. The molecule has 1 amide bonds. The molecule has 0 spiro atoms. The van der Waals surface area contributed by atoms with Crippen molar-refractivity contribution in [3.05, 3.63) is 29.8 Å². The highest BCUT2D eigenvalue weighted by molar-refractivity contribution is 5.79. The van der Waals surface area contributed by atoms with E-state index in [1.807, 2.05) is 11.8 Å². The number of carbonyl (C=O) groups is 1. The number of hydrogen-bond donors (Lipinski definition) is 2. The van der Waals surface area contributed by atoms with Gasteiger partial charge in [-0.25, -0.2) is 0 Å². The van der Waals surface area contributed by atoms with Gasteiger partial charge < -0.3 is 15.1 Å². The Morgan fingerprint density at radius 1 is 1.36 bits per heavy atom. The summed E-state index contributed by atoms with van der Waals surface area (Å²) in [5.41, 5.74) is 0.222. The van der Waals surface area contributed by atoms with E-state index in [0.717, 1.165) is 12.0 Å². The van der Waals surface area contributed by atoms with E-state index in [4.69, 9.17) is 0 Å². The zero-order valence-electron chi connectivity index (χ0n) is 13.7. The summed E-state index contributed by atoms with van der Waals surface area (Å²) in [6, 6.07) is 6.76. The van der Waals surface area contributed by atoms with E-state index in [0.29, 0.717) is 31.8 Å². The van der Waals surface area contributed by atoms with Crippen LogP contribution < -0.4 is 0 Å². The van der Waals surface area contributed by atoms with E-state index in [1.54, 1.807) is 24.3 Å². The smallest absolute Gasteiger partial charge is 0.227 e. The Kier molecular flexibility index (Phi) is 5.12. The van der Waals surface area contributed by atoms with Gasteiger partial charge in [0.25, 0.3) is 0 Å². The van der Waals surface area contributed by atoms with Crippen LogP contribution in [0.15, 0.2) is 24.3 Å². The average molecular weight is 305 g/mol. The van der Waals surface area contributed by atoms with Crippen LogP contribution in [0.3, 0.4) is 0 Å². The van der Waals surface area contributed by atoms with Crippen LogP contribution in [0.1, 0.15) is 39.2 Å². The number of phenols is 1. The molecule has 4 heteroatoms. The summed E-state index contributed by atoms with van der Waals surface area (Å²) in [7, 11) is 0. The van der Waals surface area contributed by atoms with Gasteiger partial charge >= 0.3 is 0 Å². The number of aromatic hydroxyl groups is 1. The van der Waals surface area contributed by atoms with Gasteiger partial charge in [-0.05, 0) is 43.4 Å². The summed E-state index contributed by atoms with van der Waals surface area (Å²) < 4.78 is 0. The molecule has 1 saturated heterocycles. The van der Waals surface area contributed by atoms with Crippen molar-refractivity contribution in [1.29, 1.82) is 0 Å². The van der Waals surface area contributed by atoms with Crippen LogP contribution in [0.4, 0.5) is 0 Å². The molecule has 2 atom stereocenters. The zero-order valence-corrected chi connectivity index (χ0v) is 13.7. The number of piperidine rings is 1. The van der Waals surface area contributed by atoms with E-state index < -0.39 is 5.60 Å². The van der Waals surface area contributed by atoms with Crippen LogP contribution in [-0.2, 0) is 11.2 Å². The van der Waals surface area contributed by atoms with Gasteiger partial charge in [0.05, 0.1) is 12.0 Å². The van der Waals surface area contributed by atoms with Crippen molar-refractivity contribution in [1.82, 2.24) is 4.90 Å². The molecule has 0 aromatic heterocycles. The molecule has 0 saturated carbocycles. The van der Waals surface area contributed by atoms with Crippen molar-refractivity contribution in [3.63, 3.8) is 0 Å². The summed E-state index contributed by atoms with van der Waals surface area (Å²) in [5.74, 6) is 0.936. The van der Waals surface area contributed by atoms with Gasteiger partial charge in [-0.15, -0.1) is 0 Å². The third-order valence-electron chi connectivity index (χ3n) is 4.61. The topological polar surface area (TPSA) is 60.8 Å². The molecule has 22 heavy (non-hydrogen) atoms. The Labute approximate surface area is 132 Å². The van der Waals surface area contributed by atoms with Crippen LogP contribution in [0.2, 0.25) is 0 Å². The fourth-order valence-electron chi connectivity index (χ4n) is 3.14. The Balaban J connectivity index is 1.99. The van der Waals surface area contributed by atoms with Crippen LogP contribution in [-0.4, -0.2) is 39.7 Å². The fourth-order valence-corrected chi connectivity index (χ4v) is 3.14. The van der Waals surface area contributed by atoms with E-state index >= 15 is 0 Å². The van der Waals surface area contributed by atoms with Crippen molar-refractivity contribution < 1.29 is 15.0 Å². The highest BCUT2D eigenvalue weighted by Gasteiger charge is 2.38. The third-order valence-corrected chi connectivity index (χ3v) is 4.61.